The number of methoxy groups -OCH3 is 1. The fourth-order valence-electron chi connectivity index (χ4n) is 3.15. The lowest BCUT2D eigenvalue weighted by Crippen LogP contribution is -2.30. The van der Waals surface area contributed by atoms with Crippen LogP contribution in [0.15, 0.2) is 59.5 Å². The summed E-state index contributed by atoms with van der Waals surface area (Å²) in [6.45, 7) is 3.44. The molecule has 3 aromatic rings. The van der Waals surface area contributed by atoms with E-state index >= 15 is 0 Å². The lowest BCUT2D eigenvalue weighted by molar-refractivity contribution is 0.106. The van der Waals surface area contributed by atoms with Gasteiger partial charge in [-0.3, -0.25) is 0 Å². The van der Waals surface area contributed by atoms with Gasteiger partial charge in [-0.2, -0.15) is 5.26 Å². The number of urea groups is 1. The highest BCUT2D eigenvalue weighted by molar-refractivity contribution is 6.00. The predicted octanol–water partition coefficient (Wildman–Crippen LogP) is 5.08. The lowest BCUT2D eigenvalue weighted by atomic mass is 10.1. The first kappa shape index (κ1) is 24.1. The van der Waals surface area contributed by atoms with Crippen LogP contribution < -0.4 is 20.7 Å². The van der Waals surface area contributed by atoms with Crippen LogP contribution in [0, 0.1) is 11.3 Å². The average molecular weight is 463 g/mol. The number of benzene rings is 2. The standard InChI is InChI=1S/C24H25N5O5/c1-15(9-10-25)34-24(31)27-16(2)17-5-4-6-18(11-17)28-23(30)29-19-7-8-20(21(12-19)32-3)22-13-26-14-33-22/h4-8,11-16H,9H2,1-3H3,(H,27,31)(H2,28,29,30)/t15-,16+/m0/s1. The number of nitriles is 1. The third kappa shape index (κ3) is 6.49. The van der Waals surface area contributed by atoms with E-state index in [0.29, 0.717) is 28.4 Å². The highest BCUT2D eigenvalue weighted by Crippen LogP contribution is 2.32. The molecule has 0 spiro atoms. The summed E-state index contributed by atoms with van der Waals surface area (Å²) in [4.78, 5) is 28.4. The third-order valence-electron chi connectivity index (χ3n) is 4.82. The second kappa shape index (κ2) is 11.4. The van der Waals surface area contributed by atoms with Crippen molar-refractivity contribution in [2.75, 3.05) is 17.7 Å². The SMILES string of the molecule is COc1cc(NC(=O)Nc2cccc([C@@H](C)NC(=O)O[C@@H](C)CC#N)c2)ccc1-c1cnco1. The minimum Gasteiger partial charge on any atom is -0.496 e. The summed E-state index contributed by atoms with van der Waals surface area (Å²) in [5.41, 5.74) is 2.54. The number of carbonyl (C=O) groups is 2. The van der Waals surface area contributed by atoms with Crippen LogP contribution in [0.4, 0.5) is 21.0 Å². The Labute approximate surface area is 196 Å². The van der Waals surface area contributed by atoms with Crippen LogP contribution in [-0.4, -0.2) is 30.3 Å². The smallest absolute Gasteiger partial charge is 0.407 e. The minimum absolute atomic E-state index is 0.116. The molecule has 1 aromatic heterocycles. The molecule has 34 heavy (non-hydrogen) atoms. The van der Waals surface area contributed by atoms with Gasteiger partial charge in [0.1, 0.15) is 11.9 Å². The molecule has 3 N–H and O–H groups in total. The van der Waals surface area contributed by atoms with Gasteiger partial charge >= 0.3 is 12.1 Å². The van der Waals surface area contributed by atoms with Gasteiger partial charge in [-0.25, -0.2) is 14.6 Å². The zero-order valence-corrected chi connectivity index (χ0v) is 19.0. The largest absolute Gasteiger partial charge is 0.496 e. The van der Waals surface area contributed by atoms with Crippen LogP contribution in [0.2, 0.25) is 0 Å². The molecular formula is C24H25N5O5. The molecule has 0 radical (unpaired) electrons. The summed E-state index contributed by atoms with van der Waals surface area (Å²) in [5, 5.41) is 16.9. The van der Waals surface area contributed by atoms with E-state index in [1.54, 1.807) is 56.4 Å². The second-order valence-corrected chi connectivity index (χ2v) is 7.43. The molecule has 0 saturated heterocycles. The molecule has 0 bridgehead atoms. The molecule has 2 aromatic carbocycles. The Hall–Kier alpha value is -4.52. The summed E-state index contributed by atoms with van der Waals surface area (Å²) in [7, 11) is 1.53. The van der Waals surface area contributed by atoms with Crippen molar-refractivity contribution in [3.8, 4) is 23.1 Å². The number of oxazole rings is 1. The normalized spacial score (nSPS) is 12.1. The van der Waals surface area contributed by atoms with E-state index in [0.717, 1.165) is 5.56 Å². The Morgan fingerprint density at radius 2 is 1.91 bits per heavy atom. The van der Waals surface area contributed by atoms with Gasteiger partial charge in [0.15, 0.2) is 12.2 Å². The van der Waals surface area contributed by atoms with Crippen molar-refractivity contribution in [3.63, 3.8) is 0 Å². The Balaban J connectivity index is 1.61. The zero-order chi connectivity index (χ0) is 24.5. The molecule has 176 valence electrons. The molecule has 2 atom stereocenters. The van der Waals surface area contributed by atoms with Crippen LogP contribution in [0.3, 0.4) is 0 Å². The molecule has 0 unspecified atom stereocenters. The molecule has 3 rings (SSSR count). The topological polar surface area (TPSA) is 139 Å². The number of amides is 3. The van der Waals surface area contributed by atoms with Gasteiger partial charge < -0.3 is 29.8 Å². The highest BCUT2D eigenvalue weighted by atomic mass is 16.6. The molecule has 3 amide bonds. The summed E-state index contributed by atoms with van der Waals surface area (Å²) in [5.74, 6) is 1.07. The molecular weight excluding hydrogens is 438 g/mol. The summed E-state index contributed by atoms with van der Waals surface area (Å²) >= 11 is 0. The Kier molecular flexibility index (Phi) is 8.07. The maximum Gasteiger partial charge on any atom is 0.407 e. The number of ether oxygens (including phenoxy) is 2. The van der Waals surface area contributed by atoms with Crippen molar-refractivity contribution in [3.05, 3.63) is 60.6 Å². The van der Waals surface area contributed by atoms with E-state index in [1.807, 2.05) is 12.1 Å². The van der Waals surface area contributed by atoms with E-state index < -0.39 is 18.2 Å². The molecule has 10 heteroatoms. The Bertz CT molecular complexity index is 1170. The van der Waals surface area contributed by atoms with E-state index in [-0.39, 0.29) is 12.5 Å². The molecule has 0 aliphatic carbocycles. The molecule has 0 aliphatic rings. The number of anilines is 2. The molecule has 0 fully saturated rings. The number of aromatic nitrogens is 1. The van der Waals surface area contributed by atoms with Gasteiger partial charge in [0.2, 0.25) is 0 Å². The number of carbonyl (C=O) groups excluding carboxylic acids is 2. The first-order chi connectivity index (χ1) is 16.4. The summed E-state index contributed by atoms with van der Waals surface area (Å²) in [6, 6.07) is 13.4. The van der Waals surface area contributed by atoms with E-state index in [9.17, 15) is 9.59 Å². The fraction of sp³-hybridized carbons (Fsp3) is 0.250. The number of hydrogen-bond acceptors (Lipinski definition) is 7. The van der Waals surface area contributed by atoms with Crippen molar-refractivity contribution in [1.82, 2.24) is 10.3 Å². The Morgan fingerprint density at radius 3 is 2.59 bits per heavy atom. The van der Waals surface area contributed by atoms with Gasteiger partial charge in [0.05, 0.1) is 37.4 Å². The monoisotopic (exact) mass is 463 g/mol. The van der Waals surface area contributed by atoms with Crippen LogP contribution >= 0.6 is 0 Å². The van der Waals surface area contributed by atoms with Crippen molar-refractivity contribution < 1.29 is 23.5 Å². The lowest BCUT2D eigenvalue weighted by Gasteiger charge is -2.17. The number of nitrogens with one attached hydrogen (secondary N) is 3. The maximum absolute atomic E-state index is 12.5. The van der Waals surface area contributed by atoms with Crippen LogP contribution in [0.25, 0.3) is 11.3 Å². The number of rotatable bonds is 8. The van der Waals surface area contributed by atoms with Gasteiger partial charge in [-0.1, -0.05) is 12.1 Å². The Morgan fingerprint density at radius 1 is 1.15 bits per heavy atom. The van der Waals surface area contributed by atoms with E-state index in [1.165, 1.54) is 13.5 Å². The third-order valence-corrected chi connectivity index (χ3v) is 4.82. The maximum atomic E-state index is 12.5. The van der Waals surface area contributed by atoms with Crippen molar-refractivity contribution >= 4 is 23.5 Å². The van der Waals surface area contributed by atoms with E-state index in [2.05, 4.69) is 20.9 Å². The zero-order valence-electron chi connectivity index (χ0n) is 19.0. The van der Waals surface area contributed by atoms with Crippen molar-refractivity contribution in [2.45, 2.75) is 32.4 Å². The summed E-state index contributed by atoms with van der Waals surface area (Å²) < 4.78 is 15.8. The van der Waals surface area contributed by atoms with Gasteiger partial charge in [0, 0.05) is 17.4 Å². The molecule has 0 saturated carbocycles. The van der Waals surface area contributed by atoms with Crippen molar-refractivity contribution in [1.29, 1.82) is 5.26 Å². The second-order valence-electron chi connectivity index (χ2n) is 7.43. The van der Waals surface area contributed by atoms with Gasteiger partial charge in [-0.15, -0.1) is 0 Å². The molecule has 0 aliphatic heterocycles. The van der Waals surface area contributed by atoms with Crippen LogP contribution in [-0.2, 0) is 4.74 Å². The number of nitrogens with zero attached hydrogens (tertiary/aromatic N) is 2. The molecule has 1 heterocycles. The average Bonchev–Trinajstić information content (AvgIpc) is 3.33. The van der Waals surface area contributed by atoms with Crippen LogP contribution in [0.1, 0.15) is 31.9 Å². The van der Waals surface area contributed by atoms with Crippen LogP contribution in [0.5, 0.6) is 5.75 Å². The number of hydrogen-bond donors (Lipinski definition) is 3. The summed E-state index contributed by atoms with van der Waals surface area (Å²) in [6.07, 6.45) is 1.90. The highest BCUT2D eigenvalue weighted by Gasteiger charge is 2.15. The van der Waals surface area contributed by atoms with E-state index in [4.69, 9.17) is 19.2 Å². The first-order valence-electron chi connectivity index (χ1n) is 10.5. The molecule has 10 nitrogen and oxygen atoms in total. The van der Waals surface area contributed by atoms with Gasteiger partial charge in [0.25, 0.3) is 0 Å². The minimum atomic E-state index is -0.617. The quantitative estimate of drug-likeness (QED) is 0.423. The number of alkyl carbamates (subject to hydrolysis) is 1. The predicted molar refractivity (Wildman–Crippen MR) is 125 cm³/mol. The van der Waals surface area contributed by atoms with Gasteiger partial charge in [-0.05, 0) is 43.7 Å². The first-order valence-corrected chi connectivity index (χ1v) is 10.5. The fourth-order valence-corrected chi connectivity index (χ4v) is 3.15. The van der Waals surface area contributed by atoms with Crippen molar-refractivity contribution in [2.24, 2.45) is 0 Å².